The quantitative estimate of drug-likeness (QED) is 0.793. The van der Waals surface area contributed by atoms with Gasteiger partial charge in [0, 0.05) is 0 Å². The van der Waals surface area contributed by atoms with Crippen LogP contribution in [0.3, 0.4) is 0 Å². The highest BCUT2D eigenvalue weighted by Crippen LogP contribution is 2.48. The fraction of sp³-hybridized carbons (Fsp3) is 0.571. The summed E-state index contributed by atoms with van der Waals surface area (Å²) >= 11 is 0. The van der Waals surface area contributed by atoms with Gasteiger partial charge in [-0.25, -0.2) is 0 Å². The molecule has 1 aromatic carbocycles. The van der Waals surface area contributed by atoms with Crippen molar-refractivity contribution in [3.63, 3.8) is 0 Å². The lowest BCUT2D eigenvalue weighted by Crippen LogP contribution is -2.16. The second-order valence-corrected chi connectivity index (χ2v) is 4.70. The zero-order valence-electron chi connectivity index (χ0n) is 10.0. The summed E-state index contributed by atoms with van der Waals surface area (Å²) in [5.41, 5.74) is 4.51. The van der Waals surface area contributed by atoms with Gasteiger partial charge in [-0.05, 0) is 61.9 Å². The average molecular weight is 203 g/mol. The van der Waals surface area contributed by atoms with Crippen LogP contribution in [0.5, 0.6) is 0 Å². The molecule has 15 heavy (non-hydrogen) atoms. The second kappa shape index (κ2) is 4.36. The molecule has 1 heteroatoms. The standard InChI is InChI=1S/C14H21N/c1-4-15-9-12-8-14(12)13-7-5-6-10(2)11(13)3/h5-7,12,14-15H,4,8-9H2,1-3H3. The number of rotatable bonds is 4. The molecule has 0 spiro atoms. The molecule has 1 aromatic rings. The molecule has 2 rings (SSSR count). The van der Waals surface area contributed by atoms with Gasteiger partial charge in [0.25, 0.3) is 0 Å². The number of hydrogen-bond acceptors (Lipinski definition) is 1. The zero-order chi connectivity index (χ0) is 10.8. The lowest BCUT2D eigenvalue weighted by atomic mass is 9.99. The Labute approximate surface area is 92.9 Å². The Hall–Kier alpha value is -0.820. The first-order chi connectivity index (χ1) is 7.24. The summed E-state index contributed by atoms with van der Waals surface area (Å²) in [7, 11) is 0. The third-order valence-electron chi connectivity index (χ3n) is 3.63. The van der Waals surface area contributed by atoms with Gasteiger partial charge in [0.15, 0.2) is 0 Å². The maximum atomic E-state index is 3.44. The Balaban J connectivity index is 2.03. The SMILES string of the molecule is CCNCC1CC1c1cccc(C)c1C. The molecule has 0 amide bonds. The number of benzene rings is 1. The number of nitrogens with one attached hydrogen (secondary N) is 1. The van der Waals surface area contributed by atoms with Gasteiger partial charge in [0.1, 0.15) is 0 Å². The van der Waals surface area contributed by atoms with E-state index in [9.17, 15) is 0 Å². The van der Waals surface area contributed by atoms with Crippen molar-refractivity contribution in [2.24, 2.45) is 5.92 Å². The van der Waals surface area contributed by atoms with E-state index in [1.54, 1.807) is 5.56 Å². The first-order valence-electron chi connectivity index (χ1n) is 6.00. The Morgan fingerprint density at radius 3 is 2.87 bits per heavy atom. The van der Waals surface area contributed by atoms with E-state index in [0.717, 1.165) is 18.4 Å². The van der Waals surface area contributed by atoms with Gasteiger partial charge in [0.2, 0.25) is 0 Å². The van der Waals surface area contributed by atoms with Crippen LogP contribution in [-0.2, 0) is 0 Å². The monoisotopic (exact) mass is 203 g/mol. The van der Waals surface area contributed by atoms with E-state index >= 15 is 0 Å². The molecule has 2 unspecified atom stereocenters. The average Bonchev–Trinajstić information content (AvgIpc) is 2.98. The van der Waals surface area contributed by atoms with E-state index in [1.807, 2.05) is 0 Å². The van der Waals surface area contributed by atoms with Crippen LogP contribution in [-0.4, -0.2) is 13.1 Å². The molecular weight excluding hydrogens is 182 g/mol. The topological polar surface area (TPSA) is 12.0 Å². The van der Waals surface area contributed by atoms with Crippen LogP contribution in [0.1, 0.15) is 36.0 Å². The lowest BCUT2D eigenvalue weighted by Gasteiger charge is -2.08. The molecule has 0 bridgehead atoms. The molecular formula is C14H21N. The molecule has 1 aliphatic rings. The largest absolute Gasteiger partial charge is 0.317 e. The van der Waals surface area contributed by atoms with Crippen molar-refractivity contribution < 1.29 is 0 Å². The molecule has 2 atom stereocenters. The summed E-state index contributed by atoms with van der Waals surface area (Å²) < 4.78 is 0. The van der Waals surface area contributed by atoms with Gasteiger partial charge >= 0.3 is 0 Å². The molecule has 0 saturated heterocycles. The molecule has 0 heterocycles. The van der Waals surface area contributed by atoms with Crippen molar-refractivity contribution in [2.75, 3.05) is 13.1 Å². The van der Waals surface area contributed by atoms with Gasteiger partial charge in [-0.15, -0.1) is 0 Å². The van der Waals surface area contributed by atoms with Crippen molar-refractivity contribution in [2.45, 2.75) is 33.1 Å². The molecule has 0 radical (unpaired) electrons. The molecule has 0 aliphatic heterocycles. The predicted octanol–water partition coefficient (Wildman–Crippen LogP) is 3.02. The van der Waals surface area contributed by atoms with Crippen LogP contribution in [0, 0.1) is 19.8 Å². The van der Waals surface area contributed by atoms with Gasteiger partial charge in [-0.3, -0.25) is 0 Å². The van der Waals surface area contributed by atoms with Crippen LogP contribution >= 0.6 is 0 Å². The minimum Gasteiger partial charge on any atom is -0.317 e. The van der Waals surface area contributed by atoms with Crippen LogP contribution in [0.4, 0.5) is 0 Å². The molecule has 1 nitrogen and oxygen atoms in total. The lowest BCUT2D eigenvalue weighted by molar-refractivity contribution is 0.648. The molecule has 0 aromatic heterocycles. The van der Waals surface area contributed by atoms with E-state index in [2.05, 4.69) is 44.3 Å². The van der Waals surface area contributed by atoms with Gasteiger partial charge in [-0.1, -0.05) is 25.1 Å². The van der Waals surface area contributed by atoms with Crippen molar-refractivity contribution in [1.29, 1.82) is 0 Å². The van der Waals surface area contributed by atoms with Crippen molar-refractivity contribution in [1.82, 2.24) is 5.32 Å². The summed E-state index contributed by atoms with van der Waals surface area (Å²) in [5.74, 6) is 1.70. The van der Waals surface area contributed by atoms with Crippen molar-refractivity contribution >= 4 is 0 Å². The molecule has 1 fully saturated rings. The fourth-order valence-electron chi connectivity index (χ4n) is 2.36. The smallest absolute Gasteiger partial charge is 0.00146 e. The highest BCUT2D eigenvalue weighted by atomic mass is 14.9. The summed E-state index contributed by atoms with van der Waals surface area (Å²) in [6.07, 6.45) is 1.37. The van der Waals surface area contributed by atoms with Gasteiger partial charge < -0.3 is 5.32 Å². The molecule has 1 N–H and O–H groups in total. The van der Waals surface area contributed by atoms with Crippen LogP contribution in [0.15, 0.2) is 18.2 Å². The predicted molar refractivity (Wildman–Crippen MR) is 65.3 cm³/mol. The second-order valence-electron chi connectivity index (χ2n) is 4.70. The zero-order valence-corrected chi connectivity index (χ0v) is 10.0. The van der Waals surface area contributed by atoms with Crippen LogP contribution in [0.2, 0.25) is 0 Å². The van der Waals surface area contributed by atoms with E-state index in [-0.39, 0.29) is 0 Å². The summed E-state index contributed by atoms with van der Waals surface area (Å²) in [5, 5.41) is 3.44. The maximum absolute atomic E-state index is 3.44. The molecule has 82 valence electrons. The van der Waals surface area contributed by atoms with E-state index in [1.165, 1.54) is 24.1 Å². The Morgan fingerprint density at radius 2 is 2.13 bits per heavy atom. The Bertz CT molecular complexity index is 343. The minimum absolute atomic E-state index is 0.823. The van der Waals surface area contributed by atoms with Gasteiger partial charge in [-0.2, -0.15) is 0 Å². The summed E-state index contributed by atoms with van der Waals surface area (Å²) in [6, 6.07) is 6.71. The molecule has 1 aliphatic carbocycles. The van der Waals surface area contributed by atoms with E-state index in [0.29, 0.717) is 0 Å². The highest BCUT2D eigenvalue weighted by Gasteiger charge is 2.38. The highest BCUT2D eigenvalue weighted by molar-refractivity contribution is 5.38. The fourth-order valence-corrected chi connectivity index (χ4v) is 2.36. The molecule has 1 saturated carbocycles. The normalized spacial score (nSPS) is 24.2. The first-order valence-corrected chi connectivity index (χ1v) is 6.00. The number of aryl methyl sites for hydroxylation is 1. The van der Waals surface area contributed by atoms with E-state index in [4.69, 9.17) is 0 Å². The summed E-state index contributed by atoms with van der Waals surface area (Å²) in [6.45, 7) is 8.92. The third kappa shape index (κ3) is 2.23. The Kier molecular flexibility index (Phi) is 3.11. The summed E-state index contributed by atoms with van der Waals surface area (Å²) in [4.78, 5) is 0. The van der Waals surface area contributed by atoms with Crippen molar-refractivity contribution in [3.05, 3.63) is 34.9 Å². The van der Waals surface area contributed by atoms with Gasteiger partial charge in [0.05, 0.1) is 0 Å². The van der Waals surface area contributed by atoms with Crippen LogP contribution in [0.25, 0.3) is 0 Å². The van der Waals surface area contributed by atoms with Crippen molar-refractivity contribution in [3.8, 4) is 0 Å². The number of hydrogen-bond donors (Lipinski definition) is 1. The van der Waals surface area contributed by atoms with E-state index < -0.39 is 0 Å². The Morgan fingerprint density at radius 1 is 1.33 bits per heavy atom. The first kappa shape index (κ1) is 10.7. The maximum Gasteiger partial charge on any atom is -0.00146 e. The third-order valence-corrected chi connectivity index (χ3v) is 3.63. The van der Waals surface area contributed by atoms with Crippen LogP contribution < -0.4 is 5.32 Å². The minimum atomic E-state index is 0.823.